The lowest BCUT2D eigenvalue weighted by molar-refractivity contribution is -0.256. The largest absolute Gasteiger partial charge is 0.374 e. The fourth-order valence-corrected chi connectivity index (χ4v) is 5.08. The molecule has 0 N–H and O–H groups in total. The van der Waals surface area contributed by atoms with Gasteiger partial charge in [-0.15, -0.1) is 0 Å². The Morgan fingerprint density at radius 2 is 0.850 bits per heavy atom. The smallest absolute Gasteiger partial charge is 0.160 e. The second-order valence-electron chi connectivity index (χ2n) is 9.81. The molecule has 4 aromatic carbocycles. The van der Waals surface area contributed by atoms with Crippen molar-refractivity contribution in [3.63, 3.8) is 0 Å². The maximum absolute atomic E-state index is 6.86. The minimum Gasteiger partial charge on any atom is -0.374 e. The molecule has 5 atom stereocenters. The Bertz CT molecular complexity index is 1240. The van der Waals surface area contributed by atoms with Crippen molar-refractivity contribution in [1.29, 1.82) is 0 Å². The molecule has 1 aliphatic rings. The Hall–Kier alpha value is -3.03. The van der Waals surface area contributed by atoms with E-state index >= 15 is 0 Å². The van der Waals surface area contributed by atoms with Crippen molar-refractivity contribution in [3.05, 3.63) is 144 Å². The van der Waals surface area contributed by atoms with Crippen LogP contribution in [0.3, 0.4) is 0 Å². The Morgan fingerprint density at radius 3 is 1.30 bits per heavy atom. The molecule has 1 fully saturated rings. The van der Waals surface area contributed by atoms with Crippen LogP contribution in [-0.2, 0) is 50.1 Å². The first-order chi connectivity index (χ1) is 19.8. The molecule has 0 amide bonds. The van der Waals surface area contributed by atoms with E-state index in [4.69, 9.17) is 35.3 Å². The first kappa shape index (κ1) is 28.5. The van der Waals surface area contributed by atoms with Crippen LogP contribution in [0.4, 0.5) is 0 Å². The van der Waals surface area contributed by atoms with Crippen molar-refractivity contribution in [1.82, 2.24) is 0 Å². The van der Waals surface area contributed by atoms with E-state index in [1.165, 1.54) is 0 Å². The third-order valence-corrected chi connectivity index (χ3v) is 7.18. The number of halogens is 1. The zero-order valence-electron chi connectivity index (χ0n) is 22.4. The predicted molar refractivity (Wildman–Crippen MR) is 156 cm³/mol. The van der Waals surface area contributed by atoms with Crippen molar-refractivity contribution in [3.8, 4) is 0 Å². The van der Waals surface area contributed by atoms with E-state index in [0.29, 0.717) is 33.0 Å². The molecule has 0 bridgehead atoms. The molecular formula is C34H35ClO5. The molecule has 1 heterocycles. The summed E-state index contributed by atoms with van der Waals surface area (Å²) in [5, 5.41) is 0. The van der Waals surface area contributed by atoms with E-state index in [-0.39, 0.29) is 0 Å². The lowest BCUT2D eigenvalue weighted by atomic mass is 9.99. The molecule has 6 heteroatoms. The van der Waals surface area contributed by atoms with Crippen LogP contribution in [0.1, 0.15) is 22.3 Å². The summed E-state index contributed by atoms with van der Waals surface area (Å²) in [7, 11) is 0. The number of ether oxygens (including phenoxy) is 5. The summed E-state index contributed by atoms with van der Waals surface area (Å²) in [6.45, 7) is 1.93. The topological polar surface area (TPSA) is 46.2 Å². The zero-order chi connectivity index (χ0) is 27.4. The highest BCUT2D eigenvalue weighted by Gasteiger charge is 2.47. The van der Waals surface area contributed by atoms with Crippen LogP contribution >= 0.6 is 11.6 Å². The van der Waals surface area contributed by atoms with Gasteiger partial charge in [-0.05, 0) is 22.3 Å². The fraction of sp³-hybridized carbons (Fsp3) is 0.294. The van der Waals surface area contributed by atoms with Gasteiger partial charge in [-0.25, -0.2) is 0 Å². The van der Waals surface area contributed by atoms with Gasteiger partial charge in [0.05, 0.1) is 33.0 Å². The normalized spacial score (nSPS) is 22.7. The van der Waals surface area contributed by atoms with E-state index in [2.05, 4.69) is 0 Å². The van der Waals surface area contributed by atoms with Crippen molar-refractivity contribution in [2.24, 2.45) is 0 Å². The summed E-state index contributed by atoms with van der Waals surface area (Å²) in [6.07, 6.45) is -1.98. The predicted octanol–water partition coefficient (Wildman–Crippen LogP) is 6.92. The van der Waals surface area contributed by atoms with Gasteiger partial charge >= 0.3 is 0 Å². The summed E-state index contributed by atoms with van der Waals surface area (Å²) < 4.78 is 31.9. The summed E-state index contributed by atoms with van der Waals surface area (Å²) in [5.41, 5.74) is 3.50. The quantitative estimate of drug-likeness (QED) is 0.167. The van der Waals surface area contributed by atoms with Crippen LogP contribution < -0.4 is 0 Å². The molecule has 0 aromatic heterocycles. The number of benzene rings is 4. The maximum atomic E-state index is 6.86. The van der Waals surface area contributed by atoms with E-state index in [9.17, 15) is 0 Å². The first-order valence-corrected chi connectivity index (χ1v) is 14.1. The molecule has 0 saturated carbocycles. The minimum atomic E-state index is -0.744. The Morgan fingerprint density at radius 1 is 0.475 bits per heavy atom. The number of alkyl halides is 1. The molecule has 1 aliphatic heterocycles. The average Bonchev–Trinajstić information content (AvgIpc) is 3.01. The summed E-state index contributed by atoms with van der Waals surface area (Å²) >= 11 is 6.86. The fourth-order valence-electron chi connectivity index (χ4n) is 4.73. The molecule has 0 radical (unpaired) electrons. The van der Waals surface area contributed by atoms with Crippen molar-refractivity contribution in [2.75, 3.05) is 6.61 Å². The van der Waals surface area contributed by atoms with Crippen LogP contribution in [0, 0.1) is 0 Å². The SMILES string of the molecule is Cl[C@H]1O[C@H](COCc2ccccc2)[C@@H](OCc2ccccc2)[C@H](OCc2ccccc2)[C@@H]1OCc1ccccc1. The second-order valence-corrected chi connectivity index (χ2v) is 10.2. The Kier molecular flexibility index (Phi) is 10.8. The molecule has 0 unspecified atom stereocenters. The van der Waals surface area contributed by atoms with E-state index in [0.717, 1.165) is 22.3 Å². The van der Waals surface area contributed by atoms with E-state index in [1.807, 2.05) is 121 Å². The standard InChI is InChI=1S/C34H35ClO5/c35-34-33(39-24-29-19-11-4-12-20-29)32(38-23-28-17-9-3-10-18-28)31(37-22-27-15-7-2-8-16-27)30(40-34)25-36-21-26-13-5-1-6-14-26/h1-20,30-34H,21-25H2/t30-,31-,32+,33+,34+/m1/s1. The van der Waals surface area contributed by atoms with Gasteiger partial charge in [0.25, 0.3) is 0 Å². The molecule has 0 aliphatic carbocycles. The molecule has 40 heavy (non-hydrogen) atoms. The van der Waals surface area contributed by atoms with Gasteiger partial charge in [0.15, 0.2) is 5.56 Å². The summed E-state index contributed by atoms with van der Waals surface area (Å²) in [5.74, 6) is 0. The van der Waals surface area contributed by atoms with Gasteiger partial charge in [-0.1, -0.05) is 133 Å². The molecular weight excluding hydrogens is 524 g/mol. The van der Waals surface area contributed by atoms with Crippen LogP contribution in [0.25, 0.3) is 0 Å². The zero-order valence-corrected chi connectivity index (χ0v) is 23.1. The summed E-state index contributed by atoms with van der Waals surface area (Å²) in [4.78, 5) is 0. The van der Waals surface area contributed by atoms with Crippen LogP contribution in [0.2, 0.25) is 0 Å². The summed E-state index contributed by atoms with van der Waals surface area (Å²) in [6, 6.07) is 40.2. The molecule has 0 spiro atoms. The molecule has 5 nitrogen and oxygen atoms in total. The number of hydrogen-bond acceptors (Lipinski definition) is 5. The van der Waals surface area contributed by atoms with Gasteiger partial charge in [0.1, 0.15) is 24.4 Å². The lowest BCUT2D eigenvalue weighted by Crippen LogP contribution is -2.59. The Balaban J connectivity index is 1.36. The van der Waals surface area contributed by atoms with Crippen molar-refractivity contribution < 1.29 is 23.7 Å². The number of hydrogen-bond donors (Lipinski definition) is 0. The molecule has 4 aromatic rings. The monoisotopic (exact) mass is 558 g/mol. The van der Waals surface area contributed by atoms with Gasteiger partial charge < -0.3 is 23.7 Å². The van der Waals surface area contributed by atoms with Gasteiger partial charge in [0, 0.05) is 0 Å². The van der Waals surface area contributed by atoms with Crippen LogP contribution in [-0.4, -0.2) is 36.6 Å². The van der Waals surface area contributed by atoms with Gasteiger partial charge in [-0.2, -0.15) is 0 Å². The molecule has 208 valence electrons. The van der Waals surface area contributed by atoms with E-state index < -0.39 is 30.0 Å². The molecule has 1 saturated heterocycles. The van der Waals surface area contributed by atoms with Crippen LogP contribution in [0.5, 0.6) is 0 Å². The second kappa shape index (κ2) is 15.1. The highest BCUT2D eigenvalue weighted by molar-refractivity contribution is 6.20. The molecule has 5 rings (SSSR count). The third kappa shape index (κ3) is 8.24. The van der Waals surface area contributed by atoms with Gasteiger partial charge in [-0.3, -0.25) is 0 Å². The first-order valence-electron chi connectivity index (χ1n) is 13.6. The Labute approximate surface area is 241 Å². The lowest BCUT2D eigenvalue weighted by Gasteiger charge is -2.44. The minimum absolute atomic E-state index is 0.300. The average molecular weight is 559 g/mol. The van der Waals surface area contributed by atoms with Crippen LogP contribution in [0.15, 0.2) is 121 Å². The van der Waals surface area contributed by atoms with Crippen molar-refractivity contribution >= 4 is 11.6 Å². The van der Waals surface area contributed by atoms with Crippen molar-refractivity contribution in [2.45, 2.75) is 56.4 Å². The third-order valence-electron chi connectivity index (χ3n) is 6.83. The number of rotatable bonds is 13. The van der Waals surface area contributed by atoms with Gasteiger partial charge in [0.2, 0.25) is 0 Å². The highest BCUT2D eigenvalue weighted by atomic mass is 35.5. The van der Waals surface area contributed by atoms with E-state index in [1.54, 1.807) is 0 Å². The maximum Gasteiger partial charge on any atom is 0.160 e. The highest BCUT2D eigenvalue weighted by Crippen LogP contribution is 2.32.